The van der Waals surface area contributed by atoms with Crippen LogP contribution in [0.3, 0.4) is 0 Å². The van der Waals surface area contributed by atoms with Crippen molar-refractivity contribution in [3.63, 3.8) is 0 Å². The van der Waals surface area contributed by atoms with E-state index in [1.54, 1.807) is 17.5 Å². The number of aryl methyl sites for hydroxylation is 2. The van der Waals surface area contributed by atoms with Gasteiger partial charge in [0.2, 0.25) is 5.13 Å². The standard InChI is InChI=1S/C25H24N8OS2/c1-17-16-20(28-31-23-7-8-24(36-23)33-10-12-34-13-11-33)4-5-21(17)29-27-19-3-6-22(18(2)15-19)30-32-25-26-9-14-35-25/h3-9,14-16H,10-13H2,1-2H3. The zero-order chi connectivity index (χ0) is 24.7. The lowest BCUT2D eigenvalue weighted by Gasteiger charge is -2.27. The first-order valence-corrected chi connectivity index (χ1v) is 13.1. The molecule has 0 unspecified atom stereocenters. The van der Waals surface area contributed by atoms with Gasteiger partial charge in [0.1, 0.15) is 5.00 Å². The number of ether oxygens (including phenoxy) is 1. The van der Waals surface area contributed by atoms with Gasteiger partial charge in [0, 0.05) is 24.7 Å². The smallest absolute Gasteiger partial charge is 0.229 e. The molecule has 2 aromatic heterocycles. The molecule has 1 fully saturated rings. The third kappa shape index (κ3) is 6.11. The predicted octanol–water partition coefficient (Wildman–Crippen LogP) is 8.90. The van der Waals surface area contributed by atoms with Crippen LogP contribution >= 0.6 is 22.7 Å². The third-order valence-corrected chi connectivity index (χ3v) is 7.15. The highest BCUT2D eigenvalue weighted by Crippen LogP contribution is 2.34. The summed E-state index contributed by atoms with van der Waals surface area (Å²) in [4.78, 5) is 6.43. The summed E-state index contributed by atoms with van der Waals surface area (Å²) >= 11 is 3.08. The molecule has 5 rings (SSSR count). The van der Waals surface area contributed by atoms with Crippen molar-refractivity contribution < 1.29 is 4.74 Å². The molecule has 4 aromatic rings. The van der Waals surface area contributed by atoms with Crippen molar-refractivity contribution in [1.82, 2.24) is 4.98 Å². The van der Waals surface area contributed by atoms with E-state index in [9.17, 15) is 0 Å². The van der Waals surface area contributed by atoms with Crippen LogP contribution in [0, 0.1) is 13.8 Å². The average Bonchev–Trinajstić information content (AvgIpc) is 3.59. The monoisotopic (exact) mass is 516 g/mol. The Labute approximate surface area is 217 Å². The van der Waals surface area contributed by atoms with Crippen LogP contribution in [0.2, 0.25) is 0 Å². The van der Waals surface area contributed by atoms with Gasteiger partial charge in [0.05, 0.1) is 41.0 Å². The molecule has 0 spiro atoms. The number of nitrogens with zero attached hydrogens (tertiary/aromatic N) is 8. The van der Waals surface area contributed by atoms with Crippen molar-refractivity contribution in [1.29, 1.82) is 0 Å². The summed E-state index contributed by atoms with van der Waals surface area (Å²) in [5, 5.41) is 30.6. The SMILES string of the molecule is Cc1cc(N=Nc2ccc(N3CCOCC3)s2)ccc1N=Nc1ccc(N=Nc2nccs2)c(C)c1. The topological polar surface area (TPSA) is 99.5 Å². The number of morpholine rings is 1. The van der Waals surface area contributed by atoms with Gasteiger partial charge in [-0.25, -0.2) is 4.98 Å². The van der Waals surface area contributed by atoms with E-state index in [-0.39, 0.29) is 0 Å². The van der Waals surface area contributed by atoms with Crippen molar-refractivity contribution in [2.45, 2.75) is 13.8 Å². The van der Waals surface area contributed by atoms with Crippen LogP contribution in [0.1, 0.15) is 11.1 Å². The maximum Gasteiger partial charge on any atom is 0.229 e. The van der Waals surface area contributed by atoms with Gasteiger partial charge in [-0.2, -0.15) is 10.2 Å². The zero-order valence-corrected chi connectivity index (χ0v) is 21.5. The summed E-state index contributed by atoms with van der Waals surface area (Å²) in [6.07, 6.45) is 1.71. The van der Waals surface area contributed by atoms with Gasteiger partial charge in [-0.15, -0.1) is 31.8 Å². The second-order valence-corrected chi connectivity index (χ2v) is 9.98. The van der Waals surface area contributed by atoms with E-state index in [0.29, 0.717) is 5.13 Å². The van der Waals surface area contributed by atoms with Gasteiger partial charge >= 0.3 is 0 Å². The lowest BCUT2D eigenvalue weighted by molar-refractivity contribution is 0.123. The van der Waals surface area contributed by atoms with E-state index in [0.717, 1.165) is 65.2 Å². The second-order valence-electron chi connectivity index (χ2n) is 8.07. The Kier molecular flexibility index (Phi) is 7.60. The van der Waals surface area contributed by atoms with Gasteiger partial charge in [-0.1, -0.05) is 11.3 Å². The van der Waals surface area contributed by atoms with E-state index in [4.69, 9.17) is 4.74 Å². The van der Waals surface area contributed by atoms with Crippen LogP contribution in [-0.2, 0) is 4.74 Å². The summed E-state index contributed by atoms with van der Waals surface area (Å²) in [5.41, 5.74) is 5.02. The van der Waals surface area contributed by atoms with Crippen molar-refractivity contribution >= 4 is 60.6 Å². The van der Waals surface area contributed by atoms with Crippen molar-refractivity contribution in [3.05, 3.63) is 71.2 Å². The number of thiazole rings is 1. The van der Waals surface area contributed by atoms with E-state index < -0.39 is 0 Å². The molecule has 182 valence electrons. The first-order chi connectivity index (χ1) is 17.6. The maximum atomic E-state index is 5.42. The molecule has 3 heterocycles. The Morgan fingerprint density at radius 3 is 2.08 bits per heavy atom. The summed E-state index contributed by atoms with van der Waals surface area (Å²) < 4.78 is 5.42. The van der Waals surface area contributed by atoms with E-state index in [1.165, 1.54) is 16.3 Å². The number of anilines is 1. The van der Waals surface area contributed by atoms with Gasteiger partial charge in [-0.3, -0.25) is 0 Å². The van der Waals surface area contributed by atoms with E-state index in [1.807, 2.05) is 61.7 Å². The van der Waals surface area contributed by atoms with Crippen molar-refractivity contribution in [2.75, 3.05) is 31.2 Å². The summed E-state index contributed by atoms with van der Waals surface area (Å²) in [7, 11) is 0. The summed E-state index contributed by atoms with van der Waals surface area (Å²) in [6, 6.07) is 15.5. The van der Waals surface area contributed by atoms with Gasteiger partial charge in [0.15, 0.2) is 0 Å². The highest BCUT2D eigenvalue weighted by molar-refractivity contribution is 7.19. The molecule has 0 saturated carbocycles. The Hall–Kier alpha value is -3.67. The maximum absolute atomic E-state index is 5.42. The molecule has 36 heavy (non-hydrogen) atoms. The molecule has 1 aliphatic heterocycles. The fourth-order valence-electron chi connectivity index (χ4n) is 3.53. The molecule has 0 atom stereocenters. The van der Waals surface area contributed by atoms with Crippen LogP contribution in [0.25, 0.3) is 0 Å². The number of azo groups is 3. The number of aromatic nitrogens is 1. The molecule has 2 aromatic carbocycles. The molecule has 0 bridgehead atoms. The Balaban J connectivity index is 1.22. The second kappa shape index (κ2) is 11.4. The largest absolute Gasteiger partial charge is 0.378 e. The van der Waals surface area contributed by atoms with E-state index >= 15 is 0 Å². The minimum atomic E-state index is 0.629. The van der Waals surface area contributed by atoms with Crippen LogP contribution in [0.4, 0.5) is 37.9 Å². The number of hydrogen-bond donors (Lipinski definition) is 0. The molecule has 11 heteroatoms. The number of hydrogen-bond acceptors (Lipinski definition) is 11. The van der Waals surface area contributed by atoms with E-state index in [2.05, 4.69) is 46.6 Å². The van der Waals surface area contributed by atoms with Crippen LogP contribution in [0.5, 0.6) is 0 Å². The number of thiophene rings is 1. The number of benzene rings is 2. The Morgan fingerprint density at radius 1 is 0.778 bits per heavy atom. The normalized spacial score (nSPS) is 14.6. The first-order valence-electron chi connectivity index (χ1n) is 11.4. The quantitative estimate of drug-likeness (QED) is 0.229. The van der Waals surface area contributed by atoms with Crippen LogP contribution < -0.4 is 4.90 Å². The minimum absolute atomic E-state index is 0.629. The van der Waals surface area contributed by atoms with Gasteiger partial charge < -0.3 is 9.64 Å². The molecule has 0 aliphatic carbocycles. The molecule has 0 N–H and O–H groups in total. The zero-order valence-electron chi connectivity index (χ0n) is 19.9. The lowest BCUT2D eigenvalue weighted by Crippen LogP contribution is -2.35. The predicted molar refractivity (Wildman–Crippen MR) is 144 cm³/mol. The fourth-order valence-corrected chi connectivity index (χ4v) is 4.87. The molecule has 1 saturated heterocycles. The fraction of sp³-hybridized carbons (Fsp3) is 0.240. The number of rotatable bonds is 7. The third-order valence-electron chi connectivity index (χ3n) is 5.46. The van der Waals surface area contributed by atoms with Gasteiger partial charge in [0.25, 0.3) is 0 Å². The molecule has 1 aliphatic rings. The molecule has 9 nitrogen and oxygen atoms in total. The Morgan fingerprint density at radius 2 is 1.44 bits per heavy atom. The van der Waals surface area contributed by atoms with Gasteiger partial charge in [-0.05, 0) is 73.5 Å². The highest BCUT2D eigenvalue weighted by Gasteiger charge is 2.13. The Bertz CT molecular complexity index is 1410. The lowest BCUT2D eigenvalue weighted by atomic mass is 10.2. The summed E-state index contributed by atoms with van der Waals surface area (Å²) in [5.74, 6) is 0. The van der Waals surface area contributed by atoms with Crippen LogP contribution in [-0.4, -0.2) is 31.3 Å². The highest BCUT2D eigenvalue weighted by atomic mass is 32.1. The molecule has 0 amide bonds. The molecule has 0 radical (unpaired) electrons. The summed E-state index contributed by atoms with van der Waals surface area (Å²) in [6.45, 7) is 7.31. The van der Waals surface area contributed by atoms with Crippen molar-refractivity contribution in [3.8, 4) is 0 Å². The molecular formula is C25H24N8OS2. The van der Waals surface area contributed by atoms with Crippen LogP contribution in [0.15, 0.2) is 90.8 Å². The molecular weight excluding hydrogens is 492 g/mol. The van der Waals surface area contributed by atoms with Crippen molar-refractivity contribution in [2.24, 2.45) is 30.7 Å². The first kappa shape index (κ1) is 24.0. The minimum Gasteiger partial charge on any atom is -0.378 e. The average molecular weight is 517 g/mol.